The van der Waals surface area contributed by atoms with Gasteiger partial charge in [0.1, 0.15) is 11.6 Å². The summed E-state index contributed by atoms with van der Waals surface area (Å²) in [5.41, 5.74) is 2.81. The fourth-order valence-electron chi connectivity index (χ4n) is 2.35. The summed E-state index contributed by atoms with van der Waals surface area (Å²) < 4.78 is 16.0. The molecule has 1 aromatic carbocycles. The van der Waals surface area contributed by atoms with Crippen LogP contribution in [0.25, 0.3) is 11.8 Å². The van der Waals surface area contributed by atoms with E-state index in [2.05, 4.69) is 27.3 Å². The highest BCUT2D eigenvalue weighted by molar-refractivity contribution is 5.70. The Labute approximate surface area is 139 Å². The van der Waals surface area contributed by atoms with Crippen molar-refractivity contribution < 1.29 is 4.39 Å². The fourth-order valence-corrected chi connectivity index (χ4v) is 2.35. The highest BCUT2D eigenvalue weighted by Gasteiger charge is 2.08. The number of halogens is 1. The maximum atomic E-state index is 14.4. The Morgan fingerprint density at radius 1 is 1.29 bits per heavy atom. The number of nitrogens with one attached hydrogen (secondary N) is 2. The van der Waals surface area contributed by atoms with Crippen LogP contribution < -0.4 is 10.6 Å². The van der Waals surface area contributed by atoms with E-state index in [1.165, 1.54) is 6.07 Å². The second-order valence-corrected chi connectivity index (χ2v) is 5.13. The van der Waals surface area contributed by atoms with Gasteiger partial charge in [0.25, 0.3) is 0 Å². The second kappa shape index (κ2) is 6.95. The Balaban J connectivity index is 1.86. The molecule has 5 nitrogen and oxygen atoms in total. The van der Waals surface area contributed by atoms with Gasteiger partial charge in [-0.2, -0.15) is 5.10 Å². The normalized spacial score (nSPS) is 10.4. The molecule has 0 aliphatic rings. The minimum absolute atomic E-state index is 0.354. The monoisotopic (exact) mass is 323 g/mol. The lowest BCUT2D eigenvalue weighted by atomic mass is 10.2. The first-order valence-electron chi connectivity index (χ1n) is 7.64. The Morgan fingerprint density at radius 2 is 2.17 bits per heavy atom. The molecule has 3 rings (SSSR count). The van der Waals surface area contributed by atoms with Gasteiger partial charge in [0.05, 0.1) is 11.4 Å². The van der Waals surface area contributed by atoms with E-state index in [4.69, 9.17) is 0 Å². The average Bonchev–Trinajstić information content (AvgIpc) is 3.12. The van der Waals surface area contributed by atoms with Crippen molar-refractivity contribution in [1.82, 2.24) is 14.8 Å². The Bertz CT molecular complexity index is 843. The minimum atomic E-state index is -0.373. The molecule has 0 fully saturated rings. The van der Waals surface area contributed by atoms with E-state index < -0.39 is 0 Å². The van der Waals surface area contributed by atoms with Crippen molar-refractivity contribution in [3.8, 4) is 5.69 Å². The average molecular weight is 323 g/mol. The van der Waals surface area contributed by atoms with Crippen molar-refractivity contribution in [3.05, 3.63) is 66.9 Å². The number of aromatic nitrogens is 3. The van der Waals surface area contributed by atoms with Crippen LogP contribution in [0.1, 0.15) is 12.5 Å². The van der Waals surface area contributed by atoms with Crippen LogP contribution in [-0.2, 0) is 0 Å². The Hall–Kier alpha value is -3.15. The Morgan fingerprint density at radius 3 is 2.83 bits per heavy atom. The summed E-state index contributed by atoms with van der Waals surface area (Å²) in [6.45, 7) is 6.55. The topological polar surface area (TPSA) is 54.8 Å². The standard InChI is InChI=1S/C18H18FN5/c1-3-13-12-21-18(11-17(13)20-4-2)23-16-7-6-14(10-15(16)19)24-9-5-8-22-24/h3,5-12H,1,4H2,2H3,(H2,20,21,23). The van der Waals surface area contributed by atoms with E-state index in [1.54, 1.807) is 47.5 Å². The summed E-state index contributed by atoms with van der Waals surface area (Å²) in [5.74, 6) is 0.185. The second-order valence-electron chi connectivity index (χ2n) is 5.13. The molecule has 0 bridgehead atoms. The first-order valence-corrected chi connectivity index (χ1v) is 7.64. The molecule has 0 radical (unpaired) electrons. The van der Waals surface area contributed by atoms with Crippen LogP contribution >= 0.6 is 0 Å². The van der Waals surface area contributed by atoms with Crippen molar-refractivity contribution >= 4 is 23.3 Å². The summed E-state index contributed by atoms with van der Waals surface area (Å²) >= 11 is 0. The van der Waals surface area contributed by atoms with Gasteiger partial charge in [-0.1, -0.05) is 12.7 Å². The van der Waals surface area contributed by atoms with E-state index in [9.17, 15) is 4.39 Å². The van der Waals surface area contributed by atoms with Gasteiger partial charge < -0.3 is 10.6 Å². The van der Waals surface area contributed by atoms with Crippen LogP contribution in [0, 0.1) is 5.82 Å². The first kappa shape index (κ1) is 15.7. The number of nitrogens with zero attached hydrogens (tertiary/aromatic N) is 3. The summed E-state index contributed by atoms with van der Waals surface area (Å²) in [7, 11) is 0. The molecule has 2 aromatic heterocycles. The van der Waals surface area contributed by atoms with E-state index in [0.29, 0.717) is 17.2 Å². The number of hydrogen-bond donors (Lipinski definition) is 2. The fraction of sp³-hybridized carbons (Fsp3) is 0.111. The molecular formula is C18H18FN5. The van der Waals surface area contributed by atoms with Gasteiger partial charge in [-0.15, -0.1) is 0 Å². The third-order valence-corrected chi connectivity index (χ3v) is 3.51. The van der Waals surface area contributed by atoms with Crippen molar-refractivity contribution in [2.24, 2.45) is 0 Å². The largest absolute Gasteiger partial charge is 0.385 e. The molecule has 0 saturated carbocycles. The van der Waals surface area contributed by atoms with E-state index >= 15 is 0 Å². The lowest BCUT2D eigenvalue weighted by molar-refractivity contribution is 0.629. The van der Waals surface area contributed by atoms with Crippen molar-refractivity contribution in [2.45, 2.75) is 6.92 Å². The molecule has 0 aliphatic carbocycles. The van der Waals surface area contributed by atoms with Gasteiger partial charge in [-0.25, -0.2) is 14.1 Å². The molecule has 0 unspecified atom stereocenters. The van der Waals surface area contributed by atoms with Crippen molar-refractivity contribution in [2.75, 3.05) is 17.2 Å². The summed E-state index contributed by atoms with van der Waals surface area (Å²) in [4.78, 5) is 4.29. The van der Waals surface area contributed by atoms with Gasteiger partial charge in [0.2, 0.25) is 0 Å². The lowest BCUT2D eigenvalue weighted by Crippen LogP contribution is -2.03. The SMILES string of the molecule is C=Cc1cnc(Nc2ccc(-n3cccn3)cc2F)cc1NCC. The van der Waals surface area contributed by atoms with Crippen LogP contribution in [0.5, 0.6) is 0 Å². The zero-order valence-corrected chi connectivity index (χ0v) is 13.3. The molecule has 0 amide bonds. The van der Waals surface area contributed by atoms with Crippen LogP contribution in [0.4, 0.5) is 21.6 Å². The molecule has 2 N–H and O–H groups in total. The molecule has 122 valence electrons. The smallest absolute Gasteiger partial charge is 0.148 e. The summed E-state index contributed by atoms with van der Waals surface area (Å²) in [6, 6.07) is 8.52. The van der Waals surface area contributed by atoms with E-state index in [-0.39, 0.29) is 5.82 Å². The molecule has 0 atom stereocenters. The molecule has 6 heteroatoms. The van der Waals surface area contributed by atoms with Crippen LogP contribution in [0.15, 0.2) is 55.5 Å². The van der Waals surface area contributed by atoms with Gasteiger partial charge in [0.15, 0.2) is 0 Å². The Kier molecular flexibility index (Phi) is 4.56. The summed E-state index contributed by atoms with van der Waals surface area (Å²) in [6.07, 6.45) is 6.84. The van der Waals surface area contributed by atoms with Crippen molar-refractivity contribution in [3.63, 3.8) is 0 Å². The zero-order chi connectivity index (χ0) is 16.9. The van der Waals surface area contributed by atoms with E-state index in [1.807, 2.05) is 13.0 Å². The third kappa shape index (κ3) is 3.27. The summed E-state index contributed by atoms with van der Waals surface area (Å²) in [5, 5.41) is 10.3. The quantitative estimate of drug-likeness (QED) is 0.713. The molecule has 0 spiro atoms. The maximum Gasteiger partial charge on any atom is 0.148 e. The van der Waals surface area contributed by atoms with Gasteiger partial charge in [0, 0.05) is 48.5 Å². The molecule has 2 heterocycles. The highest BCUT2D eigenvalue weighted by atomic mass is 19.1. The zero-order valence-electron chi connectivity index (χ0n) is 13.3. The minimum Gasteiger partial charge on any atom is -0.385 e. The van der Waals surface area contributed by atoms with Crippen LogP contribution in [0.2, 0.25) is 0 Å². The van der Waals surface area contributed by atoms with Gasteiger partial charge >= 0.3 is 0 Å². The highest BCUT2D eigenvalue weighted by Crippen LogP contribution is 2.25. The first-order chi connectivity index (χ1) is 11.7. The van der Waals surface area contributed by atoms with Gasteiger partial charge in [-0.05, 0) is 25.1 Å². The molecule has 3 aromatic rings. The number of pyridine rings is 1. The van der Waals surface area contributed by atoms with Crippen LogP contribution in [0.3, 0.4) is 0 Å². The molecule has 24 heavy (non-hydrogen) atoms. The van der Waals surface area contributed by atoms with E-state index in [0.717, 1.165) is 17.8 Å². The number of benzene rings is 1. The number of rotatable bonds is 6. The predicted octanol–water partition coefficient (Wildman–Crippen LogP) is 4.22. The number of hydrogen-bond acceptors (Lipinski definition) is 4. The molecule has 0 aliphatic heterocycles. The lowest BCUT2D eigenvalue weighted by Gasteiger charge is -2.12. The number of anilines is 3. The van der Waals surface area contributed by atoms with Crippen LogP contribution in [-0.4, -0.2) is 21.3 Å². The third-order valence-electron chi connectivity index (χ3n) is 3.51. The molecular weight excluding hydrogens is 305 g/mol. The van der Waals surface area contributed by atoms with Gasteiger partial charge in [-0.3, -0.25) is 0 Å². The molecule has 0 saturated heterocycles. The van der Waals surface area contributed by atoms with Crippen molar-refractivity contribution in [1.29, 1.82) is 0 Å². The predicted molar refractivity (Wildman–Crippen MR) is 95.3 cm³/mol. The maximum absolute atomic E-state index is 14.4.